The number of allylic oxidation sites excluding steroid dienone is 1. The second kappa shape index (κ2) is 6.18. The van der Waals surface area contributed by atoms with Gasteiger partial charge in [0.25, 0.3) is 0 Å². The summed E-state index contributed by atoms with van der Waals surface area (Å²) in [5.41, 5.74) is 0.791. The minimum Gasteiger partial charge on any atom is -0.481 e. The van der Waals surface area contributed by atoms with Crippen molar-refractivity contribution in [2.75, 3.05) is 0 Å². The van der Waals surface area contributed by atoms with Crippen molar-refractivity contribution in [3.05, 3.63) is 11.6 Å². The predicted octanol–water partition coefficient (Wildman–Crippen LogP) is 1.91. The third kappa shape index (κ3) is 5.35. The first-order valence-corrected chi connectivity index (χ1v) is 4.56. The van der Waals surface area contributed by atoms with Gasteiger partial charge in [-0.3, -0.25) is 9.59 Å². The van der Waals surface area contributed by atoms with Gasteiger partial charge < -0.3 is 10.2 Å². The van der Waals surface area contributed by atoms with Gasteiger partial charge in [0.2, 0.25) is 0 Å². The molecular formula is C10H16O4. The maximum absolute atomic E-state index is 10.5. The van der Waals surface area contributed by atoms with Crippen molar-refractivity contribution in [2.24, 2.45) is 5.92 Å². The third-order valence-corrected chi connectivity index (χ3v) is 2.15. The molecule has 4 nitrogen and oxygen atoms in total. The minimum absolute atomic E-state index is 0.00269. The Bertz CT molecular complexity index is 243. The maximum Gasteiger partial charge on any atom is 0.307 e. The summed E-state index contributed by atoms with van der Waals surface area (Å²) in [5, 5.41) is 17.0. The van der Waals surface area contributed by atoms with Crippen LogP contribution < -0.4 is 0 Å². The van der Waals surface area contributed by atoms with E-state index in [0.29, 0.717) is 6.42 Å². The van der Waals surface area contributed by atoms with Crippen LogP contribution in [0.15, 0.2) is 11.6 Å². The van der Waals surface area contributed by atoms with Crippen LogP contribution in [-0.2, 0) is 9.59 Å². The van der Waals surface area contributed by atoms with Crippen LogP contribution in [0.3, 0.4) is 0 Å². The van der Waals surface area contributed by atoms with E-state index < -0.39 is 11.9 Å². The summed E-state index contributed by atoms with van der Waals surface area (Å²) in [7, 11) is 0. The second-order valence-corrected chi connectivity index (χ2v) is 3.27. The number of rotatable bonds is 6. The predicted molar refractivity (Wildman–Crippen MR) is 52.0 cm³/mol. The molecule has 0 rings (SSSR count). The third-order valence-electron chi connectivity index (χ3n) is 2.15. The largest absolute Gasteiger partial charge is 0.481 e. The van der Waals surface area contributed by atoms with Gasteiger partial charge in [0.05, 0.1) is 6.42 Å². The van der Waals surface area contributed by atoms with Crippen LogP contribution in [0.25, 0.3) is 0 Å². The van der Waals surface area contributed by atoms with Crippen molar-refractivity contribution >= 4 is 11.9 Å². The van der Waals surface area contributed by atoms with E-state index in [1.54, 1.807) is 13.0 Å². The molecule has 14 heavy (non-hydrogen) atoms. The molecule has 80 valence electrons. The number of hydrogen-bond acceptors (Lipinski definition) is 2. The van der Waals surface area contributed by atoms with Crippen molar-refractivity contribution in [3.63, 3.8) is 0 Å². The topological polar surface area (TPSA) is 74.6 Å². The minimum atomic E-state index is -0.875. The Morgan fingerprint density at radius 2 is 1.86 bits per heavy atom. The van der Waals surface area contributed by atoms with Crippen molar-refractivity contribution in [3.8, 4) is 0 Å². The summed E-state index contributed by atoms with van der Waals surface area (Å²) in [6.07, 6.45) is 2.32. The van der Waals surface area contributed by atoms with E-state index in [1.165, 1.54) is 0 Å². The zero-order valence-corrected chi connectivity index (χ0v) is 8.49. The highest BCUT2D eigenvalue weighted by atomic mass is 16.4. The lowest BCUT2D eigenvalue weighted by atomic mass is 9.93. The van der Waals surface area contributed by atoms with Gasteiger partial charge in [-0.2, -0.15) is 0 Å². The summed E-state index contributed by atoms with van der Waals surface area (Å²) >= 11 is 0. The van der Waals surface area contributed by atoms with E-state index in [0.717, 1.165) is 5.57 Å². The van der Waals surface area contributed by atoms with Crippen LogP contribution >= 0.6 is 0 Å². The molecule has 0 aromatic carbocycles. The molecule has 0 saturated carbocycles. The van der Waals surface area contributed by atoms with Gasteiger partial charge in [0, 0.05) is 6.42 Å². The highest BCUT2D eigenvalue weighted by Gasteiger charge is 2.12. The molecule has 0 aliphatic rings. The Kier molecular flexibility index (Phi) is 5.60. The van der Waals surface area contributed by atoms with Gasteiger partial charge >= 0.3 is 11.9 Å². The fourth-order valence-corrected chi connectivity index (χ4v) is 1.26. The van der Waals surface area contributed by atoms with Crippen LogP contribution in [0.1, 0.15) is 33.1 Å². The van der Waals surface area contributed by atoms with Crippen molar-refractivity contribution < 1.29 is 19.8 Å². The molecule has 0 aliphatic carbocycles. The van der Waals surface area contributed by atoms with E-state index in [9.17, 15) is 9.59 Å². The van der Waals surface area contributed by atoms with Crippen molar-refractivity contribution in [2.45, 2.75) is 33.1 Å². The van der Waals surface area contributed by atoms with Crippen LogP contribution in [0.2, 0.25) is 0 Å². The van der Waals surface area contributed by atoms with E-state index in [2.05, 4.69) is 0 Å². The Morgan fingerprint density at radius 3 is 2.21 bits per heavy atom. The van der Waals surface area contributed by atoms with Crippen molar-refractivity contribution in [1.82, 2.24) is 0 Å². The first-order valence-electron chi connectivity index (χ1n) is 4.56. The lowest BCUT2D eigenvalue weighted by Gasteiger charge is -2.12. The smallest absolute Gasteiger partial charge is 0.307 e. The molecule has 0 aromatic heterocycles. The number of carboxylic acids is 2. The van der Waals surface area contributed by atoms with Crippen LogP contribution in [0.4, 0.5) is 0 Å². The normalized spacial score (nSPS) is 13.7. The van der Waals surface area contributed by atoms with E-state index in [1.807, 2.05) is 6.92 Å². The number of aliphatic carboxylic acids is 2. The number of carboxylic acid groups (broad SMARTS) is 2. The molecule has 2 N–H and O–H groups in total. The molecule has 0 amide bonds. The van der Waals surface area contributed by atoms with Gasteiger partial charge in [0.1, 0.15) is 0 Å². The quantitative estimate of drug-likeness (QED) is 0.642. The van der Waals surface area contributed by atoms with Crippen LogP contribution in [0, 0.1) is 5.92 Å². The monoisotopic (exact) mass is 200 g/mol. The number of hydrogen-bond donors (Lipinski definition) is 2. The van der Waals surface area contributed by atoms with Crippen LogP contribution in [0.5, 0.6) is 0 Å². The fraction of sp³-hybridized carbons (Fsp3) is 0.600. The van der Waals surface area contributed by atoms with Gasteiger partial charge in [0.15, 0.2) is 0 Å². The summed E-state index contributed by atoms with van der Waals surface area (Å²) in [5.74, 6) is -1.70. The summed E-state index contributed by atoms with van der Waals surface area (Å²) in [6, 6.07) is 0. The summed E-state index contributed by atoms with van der Waals surface area (Å²) < 4.78 is 0. The molecule has 0 fully saturated rings. The highest BCUT2D eigenvalue weighted by Crippen LogP contribution is 2.19. The first kappa shape index (κ1) is 12.7. The number of carbonyl (C=O) groups is 2. The molecule has 0 heterocycles. The summed E-state index contributed by atoms with van der Waals surface area (Å²) in [6.45, 7) is 3.62. The van der Waals surface area contributed by atoms with Crippen LogP contribution in [-0.4, -0.2) is 22.2 Å². The Balaban J connectivity index is 4.12. The first-order chi connectivity index (χ1) is 6.47. The van der Waals surface area contributed by atoms with E-state index in [4.69, 9.17) is 10.2 Å². The molecule has 0 aliphatic heterocycles. The summed E-state index contributed by atoms with van der Waals surface area (Å²) in [4.78, 5) is 20.8. The molecule has 1 atom stereocenters. The molecule has 0 bridgehead atoms. The second-order valence-electron chi connectivity index (χ2n) is 3.27. The molecule has 0 radical (unpaired) electrons. The molecular weight excluding hydrogens is 184 g/mol. The van der Waals surface area contributed by atoms with Gasteiger partial charge in [-0.25, -0.2) is 0 Å². The van der Waals surface area contributed by atoms with Gasteiger partial charge in [-0.1, -0.05) is 18.6 Å². The Labute approximate surface area is 83.2 Å². The maximum atomic E-state index is 10.5. The standard InChI is InChI=1S/C10H16O4/c1-3-8(6-10(13)14)7(2)4-5-9(11)12/h3,7H,4-6H2,1-2H3,(H,11,12)(H,13,14)/b8-3+. The fourth-order valence-electron chi connectivity index (χ4n) is 1.26. The van der Waals surface area contributed by atoms with E-state index >= 15 is 0 Å². The van der Waals surface area contributed by atoms with Gasteiger partial charge in [-0.05, 0) is 19.3 Å². The lowest BCUT2D eigenvalue weighted by molar-refractivity contribution is -0.137. The molecule has 0 saturated heterocycles. The zero-order valence-electron chi connectivity index (χ0n) is 8.49. The Hall–Kier alpha value is -1.32. The molecule has 4 heteroatoms. The van der Waals surface area contributed by atoms with Gasteiger partial charge in [-0.15, -0.1) is 0 Å². The SMILES string of the molecule is C/C=C(\CC(=O)O)C(C)CCC(=O)O. The Morgan fingerprint density at radius 1 is 1.29 bits per heavy atom. The highest BCUT2D eigenvalue weighted by molar-refractivity contribution is 5.70. The van der Waals surface area contributed by atoms with Crippen molar-refractivity contribution in [1.29, 1.82) is 0 Å². The lowest BCUT2D eigenvalue weighted by Crippen LogP contribution is -2.07. The molecule has 1 unspecified atom stereocenters. The molecule has 0 spiro atoms. The average Bonchev–Trinajstić information content (AvgIpc) is 2.09. The average molecular weight is 200 g/mol. The van der Waals surface area contributed by atoms with E-state index in [-0.39, 0.29) is 18.8 Å². The molecule has 0 aromatic rings. The zero-order chi connectivity index (χ0) is 11.1.